The largest absolute Gasteiger partial charge is 0.331 e. The quantitative estimate of drug-likeness (QED) is 0.626. The van der Waals surface area contributed by atoms with Crippen LogP contribution in [-0.2, 0) is 10.0 Å². The number of halogens is 3. The van der Waals surface area contributed by atoms with Gasteiger partial charge in [-0.3, -0.25) is 4.72 Å². The molecule has 10 heteroatoms. The van der Waals surface area contributed by atoms with E-state index in [0.717, 1.165) is 24.0 Å². The van der Waals surface area contributed by atoms with Crippen LogP contribution < -0.4 is 10.0 Å². The third-order valence-electron chi connectivity index (χ3n) is 3.22. The highest BCUT2D eigenvalue weighted by atomic mass is 32.2. The molecule has 0 amide bonds. The SMILES string of the molecule is CS(=O)(=O)Nc1ccc(-c2csc(Nc3cc(F)c(F)c(F)c3)n2)cc1. The molecule has 0 saturated heterocycles. The first-order chi connectivity index (χ1) is 12.2. The van der Waals surface area contributed by atoms with Crippen molar-refractivity contribution < 1.29 is 21.6 Å². The molecule has 2 N–H and O–H groups in total. The van der Waals surface area contributed by atoms with Gasteiger partial charge >= 0.3 is 0 Å². The lowest BCUT2D eigenvalue weighted by Gasteiger charge is -2.05. The standard InChI is InChI=1S/C16H12F3N3O2S2/c1-26(23,24)22-10-4-2-9(3-5-10)14-8-25-16(21-14)20-11-6-12(17)15(19)13(18)7-11/h2-8,22H,1H3,(H,20,21). The van der Waals surface area contributed by atoms with E-state index in [2.05, 4.69) is 15.0 Å². The first kappa shape index (κ1) is 18.2. The van der Waals surface area contributed by atoms with Crippen molar-refractivity contribution >= 4 is 37.9 Å². The number of benzene rings is 2. The summed E-state index contributed by atoms with van der Waals surface area (Å²) in [4.78, 5) is 4.29. The minimum atomic E-state index is -3.36. The van der Waals surface area contributed by atoms with Crippen LogP contribution in [0, 0.1) is 17.5 Å². The fourth-order valence-electron chi connectivity index (χ4n) is 2.14. The topological polar surface area (TPSA) is 71.1 Å². The number of thiazole rings is 1. The number of sulfonamides is 1. The number of hydrogen-bond acceptors (Lipinski definition) is 5. The molecule has 0 bridgehead atoms. The smallest absolute Gasteiger partial charge is 0.229 e. The van der Waals surface area contributed by atoms with Gasteiger partial charge < -0.3 is 5.32 Å². The van der Waals surface area contributed by atoms with Crippen LogP contribution in [0.25, 0.3) is 11.3 Å². The zero-order valence-electron chi connectivity index (χ0n) is 13.3. The van der Waals surface area contributed by atoms with Crippen LogP contribution in [-0.4, -0.2) is 19.7 Å². The van der Waals surface area contributed by atoms with Gasteiger partial charge in [-0.25, -0.2) is 26.6 Å². The summed E-state index contributed by atoms with van der Waals surface area (Å²) in [7, 11) is -3.36. The van der Waals surface area contributed by atoms with Crippen LogP contribution in [0.4, 0.5) is 29.7 Å². The van der Waals surface area contributed by atoms with E-state index in [0.29, 0.717) is 16.5 Å². The van der Waals surface area contributed by atoms with Crippen molar-refractivity contribution in [2.24, 2.45) is 0 Å². The molecule has 0 spiro atoms. The van der Waals surface area contributed by atoms with Crippen LogP contribution in [0.1, 0.15) is 0 Å². The number of rotatable bonds is 5. The van der Waals surface area contributed by atoms with E-state index in [1.807, 2.05) is 0 Å². The molecule has 0 atom stereocenters. The first-order valence-corrected chi connectivity index (χ1v) is 9.94. The minimum absolute atomic E-state index is 0.0370. The lowest BCUT2D eigenvalue weighted by Crippen LogP contribution is -2.09. The predicted octanol–water partition coefficient (Wildman–Crippen LogP) is 4.34. The molecule has 1 heterocycles. The molecule has 26 heavy (non-hydrogen) atoms. The number of hydrogen-bond donors (Lipinski definition) is 2. The molecule has 0 aliphatic carbocycles. The summed E-state index contributed by atoms with van der Waals surface area (Å²) < 4.78 is 64.2. The molecule has 0 radical (unpaired) electrons. The van der Waals surface area contributed by atoms with Crippen molar-refractivity contribution in [2.75, 3.05) is 16.3 Å². The first-order valence-electron chi connectivity index (χ1n) is 7.16. The fourth-order valence-corrected chi connectivity index (χ4v) is 3.44. The lowest BCUT2D eigenvalue weighted by molar-refractivity contribution is 0.448. The minimum Gasteiger partial charge on any atom is -0.331 e. The highest BCUT2D eigenvalue weighted by Gasteiger charge is 2.12. The Morgan fingerprint density at radius 3 is 2.19 bits per heavy atom. The summed E-state index contributed by atoms with van der Waals surface area (Å²) in [5, 5.41) is 4.80. The van der Waals surface area contributed by atoms with Crippen molar-refractivity contribution in [2.45, 2.75) is 0 Å². The number of aromatic nitrogens is 1. The van der Waals surface area contributed by atoms with E-state index in [9.17, 15) is 21.6 Å². The van der Waals surface area contributed by atoms with Gasteiger partial charge in [0.15, 0.2) is 22.6 Å². The number of anilines is 3. The molecule has 0 aliphatic heterocycles. The molecule has 0 aliphatic rings. The van der Waals surface area contributed by atoms with Gasteiger partial charge in [-0.15, -0.1) is 11.3 Å². The van der Waals surface area contributed by atoms with Crippen LogP contribution in [0.5, 0.6) is 0 Å². The van der Waals surface area contributed by atoms with E-state index in [-0.39, 0.29) is 5.69 Å². The van der Waals surface area contributed by atoms with E-state index < -0.39 is 27.5 Å². The van der Waals surface area contributed by atoms with Crippen LogP contribution >= 0.6 is 11.3 Å². The predicted molar refractivity (Wildman–Crippen MR) is 95.6 cm³/mol. The highest BCUT2D eigenvalue weighted by molar-refractivity contribution is 7.92. The van der Waals surface area contributed by atoms with Gasteiger partial charge in [-0.05, 0) is 12.1 Å². The molecule has 2 aromatic carbocycles. The molecule has 3 aromatic rings. The molecule has 5 nitrogen and oxygen atoms in total. The summed E-state index contributed by atoms with van der Waals surface area (Å²) in [5.74, 6) is -4.12. The van der Waals surface area contributed by atoms with Crippen molar-refractivity contribution in [1.29, 1.82) is 0 Å². The van der Waals surface area contributed by atoms with Gasteiger partial charge in [-0.1, -0.05) is 12.1 Å². The lowest BCUT2D eigenvalue weighted by atomic mass is 10.1. The van der Waals surface area contributed by atoms with Gasteiger partial charge in [0.25, 0.3) is 0 Å². The second kappa shape index (κ2) is 6.96. The average molecular weight is 399 g/mol. The summed E-state index contributed by atoms with van der Waals surface area (Å²) in [6, 6.07) is 8.23. The van der Waals surface area contributed by atoms with Crippen LogP contribution in [0.15, 0.2) is 41.8 Å². The van der Waals surface area contributed by atoms with Gasteiger partial charge in [0, 0.05) is 34.5 Å². The monoisotopic (exact) mass is 399 g/mol. The maximum absolute atomic E-state index is 13.2. The Kier molecular flexibility index (Phi) is 4.88. The van der Waals surface area contributed by atoms with Gasteiger partial charge in [0.05, 0.1) is 11.9 Å². The van der Waals surface area contributed by atoms with Crippen LogP contribution in [0.3, 0.4) is 0 Å². The van der Waals surface area contributed by atoms with Crippen molar-refractivity contribution in [3.8, 4) is 11.3 Å². The summed E-state index contributed by atoms with van der Waals surface area (Å²) >= 11 is 1.20. The highest BCUT2D eigenvalue weighted by Crippen LogP contribution is 2.29. The average Bonchev–Trinajstić information content (AvgIpc) is 3.00. The Labute approximate surface area is 151 Å². The molecular formula is C16H12F3N3O2S2. The molecule has 0 unspecified atom stereocenters. The van der Waals surface area contributed by atoms with E-state index in [1.54, 1.807) is 29.6 Å². The van der Waals surface area contributed by atoms with Gasteiger partial charge in [0.2, 0.25) is 10.0 Å². The Morgan fingerprint density at radius 1 is 1.00 bits per heavy atom. The number of nitrogens with zero attached hydrogens (tertiary/aromatic N) is 1. The molecule has 0 fully saturated rings. The third-order valence-corrected chi connectivity index (χ3v) is 4.59. The van der Waals surface area contributed by atoms with Crippen molar-refractivity contribution in [1.82, 2.24) is 4.98 Å². The summed E-state index contributed by atoms with van der Waals surface area (Å²) in [6.07, 6.45) is 1.06. The normalized spacial score (nSPS) is 11.4. The number of nitrogens with one attached hydrogen (secondary N) is 2. The zero-order valence-corrected chi connectivity index (χ0v) is 14.9. The van der Waals surface area contributed by atoms with Gasteiger partial charge in [0.1, 0.15) is 0 Å². The molecule has 0 saturated carbocycles. The summed E-state index contributed by atoms with van der Waals surface area (Å²) in [5.41, 5.74) is 1.77. The molecule has 136 valence electrons. The maximum Gasteiger partial charge on any atom is 0.229 e. The van der Waals surface area contributed by atoms with Crippen LogP contribution in [0.2, 0.25) is 0 Å². The van der Waals surface area contributed by atoms with E-state index in [4.69, 9.17) is 0 Å². The molecule has 3 rings (SSSR count). The molecular weight excluding hydrogens is 387 g/mol. The van der Waals surface area contributed by atoms with Crippen molar-refractivity contribution in [3.63, 3.8) is 0 Å². The second-order valence-corrected chi connectivity index (χ2v) is 7.97. The maximum atomic E-state index is 13.2. The molecule has 1 aromatic heterocycles. The Morgan fingerprint density at radius 2 is 1.62 bits per heavy atom. The third kappa shape index (κ3) is 4.33. The Hall–Kier alpha value is -2.59. The van der Waals surface area contributed by atoms with E-state index >= 15 is 0 Å². The van der Waals surface area contributed by atoms with Crippen molar-refractivity contribution in [3.05, 3.63) is 59.2 Å². The second-order valence-electron chi connectivity index (χ2n) is 5.37. The van der Waals surface area contributed by atoms with Gasteiger partial charge in [-0.2, -0.15) is 0 Å². The summed E-state index contributed by atoms with van der Waals surface area (Å²) in [6.45, 7) is 0. The fraction of sp³-hybridized carbons (Fsp3) is 0.0625. The Balaban J connectivity index is 1.77. The van der Waals surface area contributed by atoms with E-state index in [1.165, 1.54) is 11.3 Å². The Bertz CT molecular complexity index is 1030. The zero-order chi connectivity index (χ0) is 18.9.